The van der Waals surface area contributed by atoms with Gasteiger partial charge in [0.05, 0.1) is 17.6 Å². The zero-order valence-electron chi connectivity index (χ0n) is 9.39. The summed E-state index contributed by atoms with van der Waals surface area (Å²) in [6, 6.07) is 3.80. The molecule has 0 radical (unpaired) electrons. The highest BCUT2D eigenvalue weighted by molar-refractivity contribution is 9.10. The molecule has 0 fully saturated rings. The van der Waals surface area contributed by atoms with Crippen molar-refractivity contribution in [2.24, 2.45) is 0 Å². The number of ether oxygens (including phenoxy) is 1. The Kier molecular flexibility index (Phi) is 2.81. The molecule has 3 rings (SSSR count). The summed E-state index contributed by atoms with van der Waals surface area (Å²) in [5, 5.41) is 5.17. The second kappa shape index (κ2) is 4.19. The van der Waals surface area contributed by atoms with Gasteiger partial charge in [-0.05, 0) is 28.1 Å². The molecule has 0 saturated carbocycles. The van der Waals surface area contributed by atoms with Crippen LogP contribution >= 0.6 is 27.5 Å². The van der Waals surface area contributed by atoms with Crippen LogP contribution in [0.15, 0.2) is 16.6 Å². The second-order valence-electron chi connectivity index (χ2n) is 4.06. The summed E-state index contributed by atoms with van der Waals surface area (Å²) in [7, 11) is 1.69. The maximum absolute atomic E-state index is 6.29. The van der Waals surface area contributed by atoms with Gasteiger partial charge in [-0.3, -0.25) is 0 Å². The van der Waals surface area contributed by atoms with E-state index in [-0.39, 0.29) is 0 Å². The first-order chi connectivity index (χ1) is 8.24. The third-order valence-corrected chi connectivity index (χ3v) is 4.35. The lowest BCUT2D eigenvalue weighted by Crippen LogP contribution is -2.27. The molecule has 0 saturated heterocycles. The number of nitrogens with one attached hydrogen (secondary N) is 1. The summed E-state index contributed by atoms with van der Waals surface area (Å²) in [5.41, 5.74) is 2.32. The molecular formula is C12H12BrClN2O. The van der Waals surface area contributed by atoms with Gasteiger partial charge in [-0.25, -0.2) is 0 Å². The van der Waals surface area contributed by atoms with Gasteiger partial charge in [0.1, 0.15) is 5.75 Å². The first-order valence-corrected chi connectivity index (χ1v) is 6.65. The van der Waals surface area contributed by atoms with E-state index in [1.807, 2.05) is 12.1 Å². The lowest BCUT2D eigenvalue weighted by molar-refractivity contribution is 0.415. The maximum atomic E-state index is 6.29. The molecule has 1 aliphatic rings. The normalized spacial score (nSPS) is 15.0. The second-order valence-corrected chi connectivity index (χ2v) is 5.26. The van der Waals surface area contributed by atoms with Gasteiger partial charge in [-0.2, -0.15) is 0 Å². The SMILES string of the molecule is COc1ccc(Cl)c2c(Br)c3n(c12)CCNC3. The van der Waals surface area contributed by atoms with E-state index in [0.717, 1.165) is 45.8 Å². The highest BCUT2D eigenvalue weighted by atomic mass is 79.9. The molecule has 0 amide bonds. The van der Waals surface area contributed by atoms with Gasteiger partial charge in [0.25, 0.3) is 0 Å². The van der Waals surface area contributed by atoms with Crippen LogP contribution in [0.2, 0.25) is 5.02 Å². The van der Waals surface area contributed by atoms with Gasteiger partial charge in [-0.15, -0.1) is 0 Å². The Labute approximate surface area is 113 Å². The largest absolute Gasteiger partial charge is 0.495 e. The lowest BCUT2D eigenvalue weighted by atomic mass is 10.2. The zero-order valence-corrected chi connectivity index (χ0v) is 11.7. The first kappa shape index (κ1) is 11.4. The predicted molar refractivity (Wildman–Crippen MR) is 72.9 cm³/mol. The van der Waals surface area contributed by atoms with Crippen LogP contribution in [0.25, 0.3) is 10.9 Å². The Bertz CT molecular complexity index is 594. The smallest absolute Gasteiger partial charge is 0.143 e. The fourth-order valence-electron chi connectivity index (χ4n) is 2.40. The number of fused-ring (bicyclic) bond motifs is 3. The molecule has 1 aliphatic heterocycles. The topological polar surface area (TPSA) is 26.2 Å². The minimum atomic E-state index is 0.759. The Hall–Kier alpha value is -0.710. The summed E-state index contributed by atoms with van der Waals surface area (Å²) in [6.45, 7) is 2.77. The molecule has 2 heterocycles. The van der Waals surface area contributed by atoms with E-state index in [1.54, 1.807) is 7.11 Å². The molecule has 0 atom stereocenters. The first-order valence-electron chi connectivity index (χ1n) is 5.48. The molecule has 2 aromatic rings. The van der Waals surface area contributed by atoms with Crippen LogP contribution in [0.5, 0.6) is 5.75 Å². The van der Waals surface area contributed by atoms with Gasteiger partial charge < -0.3 is 14.6 Å². The van der Waals surface area contributed by atoms with Crippen LogP contribution in [0.3, 0.4) is 0 Å². The Morgan fingerprint density at radius 2 is 2.29 bits per heavy atom. The van der Waals surface area contributed by atoms with Crippen LogP contribution < -0.4 is 10.1 Å². The van der Waals surface area contributed by atoms with Crippen molar-refractivity contribution in [2.75, 3.05) is 13.7 Å². The third kappa shape index (κ3) is 1.58. The summed E-state index contributed by atoms with van der Waals surface area (Å²) >= 11 is 9.94. The van der Waals surface area contributed by atoms with Crippen LogP contribution in [0.4, 0.5) is 0 Å². The van der Waals surface area contributed by atoms with E-state index < -0.39 is 0 Å². The van der Waals surface area contributed by atoms with Gasteiger partial charge in [-0.1, -0.05) is 11.6 Å². The molecular weight excluding hydrogens is 304 g/mol. The van der Waals surface area contributed by atoms with Crippen molar-refractivity contribution in [3.8, 4) is 5.75 Å². The summed E-state index contributed by atoms with van der Waals surface area (Å²) < 4.78 is 8.79. The maximum Gasteiger partial charge on any atom is 0.143 e. The van der Waals surface area contributed by atoms with Crippen LogP contribution in [-0.2, 0) is 13.1 Å². The van der Waals surface area contributed by atoms with Crippen molar-refractivity contribution in [3.05, 3.63) is 27.3 Å². The molecule has 3 nitrogen and oxygen atoms in total. The summed E-state index contributed by atoms with van der Waals surface area (Å²) in [5.74, 6) is 0.873. The Balaban J connectivity index is 2.45. The minimum absolute atomic E-state index is 0.759. The number of benzene rings is 1. The zero-order chi connectivity index (χ0) is 12.0. The Morgan fingerprint density at radius 1 is 1.47 bits per heavy atom. The highest BCUT2D eigenvalue weighted by Crippen LogP contribution is 2.41. The van der Waals surface area contributed by atoms with Crippen LogP contribution in [0, 0.1) is 0 Å². The molecule has 5 heteroatoms. The molecule has 17 heavy (non-hydrogen) atoms. The van der Waals surface area contributed by atoms with E-state index in [9.17, 15) is 0 Å². The van der Waals surface area contributed by atoms with Gasteiger partial charge in [0.2, 0.25) is 0 Å². The van der Waals surface area contributed by atoms with Crippen molar-refractivity contribution in [2.45, 2.75) is 13.1 Å². The monoisotopic (exact) mass is 314 g/mol. The lowest BCUT2D eigenvalue weighted by Gasteiger charge is -2.18. The van der Waals surface area contributed by atoms with Crippen molar-refractivity contribution in [3.63, 3.8) is 0 Å². The van der Waals surface area contributed by atoms with Crippen LogP contribution in [-0.4, -0.2) is 18.2 Å². The van der Waals surface area contributed by atoms with E-state index in [4.69, 9.17) is 16.3 Å². The summed E-state index contributed by atoms with van der Waals surface area (Å²) in [6.07, 6.45) is 0. The fraction of sp³-hybridized carbons (Fsp3) is 0.333. The number of nitrogens with zero attached hydrogens (tertiary/aromatic N) is 1. The number of rotatable bonds is 1. The van der Waals surface area contributed by atoms with Crippen LogP contribution in [0.1, 0.15) is 5.69 Å². The van der Waals surface area contributed by atoms with Crippen molar-refractivity contribution >= 4 is 38.4 Å². The average molecular weight is 316 g/mol. The highest BCUT2D eigenvalue weighted by Gasteiger charge is 2.22. The standard InChI is InChI=1S/C12H12BrClN2O/c1-17-9-3-2-7(14)10-11(13)8-6-15-4-5-16(8)12(9)10/h2-3,15H,4-6H2,1H3. The van der Waals surface area contributed by atoms with E-state index >= 15 is 0 Å². The fourth-order valence-corrected chi connectivity index (χ4v) is 3.52. The van der Waals surface area contributed by atoms with E-state index in [1.165, 1.54) is 5.69 Å². The molecule has 1 aromatic heterocycles. The average Bonchev–Trinajstić information content (AvgIpc) is 2.66. The predicted octanol–water partition coefficient (Wildman–Crippen LogP) is 3.17. The molecule has 0 aliphatic carbocycles. The van der Waals surface area contributed by atoms with Gasteiger partial charge in [0, 0.05) is 35.2 Å². The quantitative estimate of drug-likeness (QED) is 0.875. The number of aromatic nitrogens is 1. The molecule has 0 bridgehead atoms. The molecule has 0 spiro atoms. The van der Waals surface area contributed by atoms with Gasteiger partial charge in [0.15, 0.2) is 0 Å². The van der Waals surface area contributed by atoms with E-state index in [2.05, 4.69) is 25.8 Å². The molecule has 0 unspecified atom stereocenters. The van der Waals surface area contributed by atoms with Gasteiger partial charge >= 0.3 is 0 Å². The number of hydrogen-bond donors (Lipinski definition) is 1. The number of halogens is 2. The number of methoxy groups -OCH3 is 1. The van der Waals surface area contributed by atoms with E-state index in [0.29, 0.717) is 0 Å². The van der Waals surface area contributed by atoms with Crippen molar-refractivity contribution in [1.82, 2.24) is 9.88 Å². The molecule has 1 aromatic carbocycles. The molecule has 1 N–H and O–H groups in total. The number of hydrogen-bond acceptors (Lipinski definition) is 2. The third-order valence-electron chi connectivity index (χ3n) is 3.18. The summed E-state index contributed by atoms with van der Waals surface area (Å²) in [4.78, 5) is 0. The molecule has 90 valence electrons. The minimum Gasteiger partial charge on any atom is -0.495 e. The van der Waals surface area contributed by atoms with Crippen molar-refractivity contribution in [1.29, 1.82) is 0 Å². The Morgan fingerprint density at radius 3 is 3.06 bits per heavy atom. The van der Waals surface area contributed by atoms with Crippen molar-refractivity contribution < 1.29 is 4.74 Å².